The molecule has 0 aliphatic heterocycles. The van der Waals surface area contributed by atoms with Crippen LogP contribution in [0, 0.1) is 5.82 Å². The molecule has 0 heterocycles. The molecule has 2 nitrogen and oxygen atoms in total. The van der Waals surface area contributed by atoms with Gasteiger partial charge >= 0.3 is 6.61 Å². The fourth-order valence-electron chi connectivity index (χ4n) is 2.26. The van der Waals surface area contributed by atoms with Crippen LogP contribution >= 0.6 is 0 Å². The summed E-state index contributed by atoms with van der Waals surface area (Å²) in [4.78, 5) is 0. The summed E-state index contributed by atoms with van der Waals surface area (Å²) in [6.45, 7) is -2.89. The van der Waals surface area contributed by atoms with Crippen LogP contribution in [-0.4, -0.2) is 6.61 Å². The smallest absolute Gasteiger partial charge is 0.387 e. The van der Waals surface area contributed by atoms with Crippen molar-refractivity contribution in [2.24, 2.45) is 0 Å². The third kappa shape index (κ3) is 3.68. The van der Waals surface area contributed by atoms with Crippen LogP contribution in [0.15, 0.2) is 72.8 Å². The summed E-state index contributed by atoms with van der Waals surface area (Å²) >= 11 is 0. The van der Waals surface area contributed by atoms with E-state index < -0.39 is 12.4 Å². The van der Waals surface area contributed by atoms with E-state index in [0.29, 0.717) is 16.9 Å². The van der Waals surface area contributed by atoms with Gasteiger partial charge in [0.15, 0.2) is 11.6 Å². The monoisotopic (exact) mass is 330 g/mol. The van der Waals surface area contributed by atoms with E-state index in [0.717, 1.165) is 0 Å². The van der Waals surface area contributed by atoms with Crippen LogP contribution in [0.4, 0.5) is 13.2 Å². The molecule has 3 aromatic carbocycles. The molecule has 0 aromatic heterocycles. The molecular weight excluding hydrogens is 317 g/mol. The summed E-state index contributed by atoms with van der Waals surface area (Å²) in [7, 11) is 0. The van der Waals surface area contributed by atoms with Gasteiger partial charge < -0.3 is 9.47 Å². The molecule has 3 aromatic rings. The number of benzene rings is 3. The zero-order valence-corrected chi connectivity index (χ0v) is 12.5. The highest BCUT2D eigenvalue weighted by Gasteiger charge is 2.13. The molecule has 122 valence electrons. The lowest BCUT2D eigenvalue weighted by molar-refractivity contribution is -0.0498. The Morgan fingerprint density at radius 1 is 0.708 bits per heavy atom. The van der Waals surface area contributed by atoms with Gasteiger partial charge in [0.05, 0.1) is 0 Å². The van der Waals surface area contributed by atoms with Gasteiger partial charge in [-0.15, -0.1) is 0 Å². The molecule has 0 radical (unpaired) electrons. The van der Waals surface area contributed by atoms with E-state index in [4.69, 9.17) is 4.74 Å². The van der Waals surface area contributed by atoms with Crippen molar-refractivity contribution in [3.8, 4) is 28.4 Å². The highest BCUT2D eigenvalue weighted by atomic mass is 19.3. The lowest BCUT2D eigenvalue weighted by Crippen LogP contribution is -2.01. The van der Waals surface area contributed by atoms with Gasteiger partial charge in [-0.1, -0.05) is 42.5 Å². The molecule has 0 aliphatic rings. The fraction of sp³-hybridized carbons (Fsp3) is 0.0526. The summed E-state index contributed by atoms with van der Waals surface area (Å²) in [6.07, 6.45) is 0. The first-order valence-electron chi connectivity index (χ1n) is 7.20. The van der Waals surface area contributed by atoms with Crippen molar-refractivity contribution in [2.45, 2.75) is 6.61 Å². The number of halogens is 3. The van der Waals surface area contributed by atoms with Crippen LogP contribution in [0.2, 0.25) is 0 Å². The minimum atomic E-state index is -2.89. The largest absolute Gasteiger partial charge is 0.454 e. The Balaban J connectivity index is 1.94. The van der Waals surface area contributed by atoms with Crippen LogP contribution < -0.4 is 9.47 Å². The highest BCUT2D eigenvalue weighted by Crippen LogP contribution is 2.36. The van der Waals surface area contributed by atoms with Crippen molar-refractivity contribution in [2.75, 3.05) is 0 Å². The molecule has 0 N–H and O–H groups in total. The van der Waals surface area contributed by atoms with Crippen molar-refractivity contribution < 1.29 is 22.6 Å². The van der Waals surface area contributed by atoms with Crippen molar-refractivity contribution >= 4 is 0 Å². The van der Waals surface area contributed by atoms with E-state index in [1.165, 1.54) is 18.2 Å². The van der Waals surface area contributed by atoms with Gasteiger partial charge in [0, 0.05) is 5.56 Å². The van der Waals surface area contributed by atoms with E-state index in [2.05, 4.69) is 4.74 Å². The molecule has 0 bridgehead atoms. The van der Waals surface area contributed by atoms with E-state index in [1.54, 1.807) is 48.5 Å². The Morgan fingerprint density at radius 2 is 1.42 bits per heavy atom. The molecule has 5 heteroatoms. The van der Waals surface area contributed by atoms with Gasteiger partial charge in [-0.3, -0.25) is 0 Å². The highest BCUT2D eigenvalue weighted by molar-refractivity contribution is 5.71. The molecular formula is C19H13F3O2. The first kappa shape index (κ1) is 15.9. The lowest BCUT2D eigenvalue weighted by Gasteiger charge is -2.13. The Bertz CT molecular complexity index is 803. The summed E-state index contributed by atoms with van der Waals surface area (Å²) in [6, 6.07) is 19.3. The predicted octanol–water partition coefficient (Wildman–Crippen LogP) is 5.89. The molecule has 3 rings (SSSR count). The third-order valence-corrected chi connectivity index (χ3v) is 3.32. The number of ether oxygens (including phenoxy) is 2. The molecule has 0 amide bonds. The molecule has 24 heavy (non-hydrogen) atoms. The lowest BCUT2D eigenvalue weighted by atomic mass is 10.0. The van der Waals surface area contributed by atoms with Gasteiger partial charge in [0.25, 0.3) is 0 Å². The van der Waals surface area contributed by atoms with E-state index in [-0.39, 0.29) is 11.5 Å². The standard InChI is InChI=1S/C19H13F3O2/c20-17-8-4-7-16(18(17)23-14-5-2-1-3-6-14)13-9-11-15(12-10-13)24-19(21)22/h1-12,19H. The van der Waals surface area contributed by atoms with E-state index >= 15 is 0 Å². The topological polar surface area (TPSA) is 18.5 Å². The number of hydrogen-bond acceptors (Lipinski definition) is 2. The van der Waals surface area contributed by atoms with Gasteiger partial charge in [-0.2, -0.15) is 8.78 Å². The van der Waals surface area contributed by atoms with Crippen molar-refractivity contribution in [1.82, 2.24) is 0 Å². The van der Waals surface area contributed by atoms with E-state index in [9.17, 15) is 13.2 Å². The summed E-state index contributed by atoms with van der Waals surface area (Å²) in [5.41, 5.74) is 1.14. The second-order valence-corrected chi connectivity index (χ2v) is 4.93. The van der Waals surface area contributed by atoms with Gasteiger partial charge in [0.2, 0.25) is 0 Å². The summed E-state index contributed by atoms with van der Waals surface area (Å²) < 4.78 is 48.6. The molecule has 0 saturated carbocycles. The minimum Gasteiger partial charge on any atom is -0.454 e. The average Bonchev–Trinajstić information content (AvgIpc) is 2.58. The van der Waals surface area contributed by atoms with Gasteiger partial charge in [0.1, 0.15) is 11.5 Å². The Morgan fingerprint density at radius 3 is 2.08 bits per heavy atom. The summed E-state index contributed by atoms with van der Waals surface area (Å²) in [5.74, 6) is 0.104. The molecule has 0 unspecified atom stereocenters. The van der Waals surface area contributed by atoms with Crippen molar-refractivity contribution in [3.63, 3.8) is 0 Å². The number of hydrogen-bond donors (Lipinski definition) is 0. The van der Waals surface area contributed by atoms with E-state index in [1.807, 2.05) is 6.07 Å². The fourth-order valence-corrected chi connectivity index (χ4v) is 2.26. The van der Waals surface area contributed by atoms with Crippen LogP contribution in [0.1, 0.15) is 0 Å². The molecule has 0 fully saturated rings. The zero-order valence-electron chi connectivity index (χ0n) is 12.5. The summed E-state index contributed by atoms with van der Waals surface area (Å²) in [5, 5.41) is 0. The molecule has 0 spiro atoms. The van der Waals surface area contributed by atoms with Gasteiger partial charge in [-0.05, 0) is 35.9 Å². The second-order valence-electron chi connectivity index (χ2n) is 4.93. The number of alkyl halides is 2. The minimum absolute atomic E-state index is 0.0377. The Labute approximate surface area is 137 Å². The van der Waals surface area contributed by atoms with Crippen molar-refractivity contribution in [1.29, 1.82) is 0 Å². The van der Waals surface area contributed by atoms with Crippen LogP contribution in [0.3, 0.4) is 0 Å². The van der Waals surface area contributed by atoms with Crippen LogP contribution in [-0.2, 0) is 0 Å². The SMILES string of the molecule is Fc1cccc(-c2ccc(OC(F)F)cc2)c1Oc1ccccc1. The second kappa shape index (κ2) is 7.08. The molecule has 0 aliphatic carbocycles. The quantitative estimate of drug-likeness (QED) is 0.581. The molecule has 0 saturated heterocycles. The Hall–Kier alpha value is -2.95. The van der Waals surface area contributed by atoms with Gasteiger partial charge in [-0.25, -0.2) is 4.39 Å². The Kier molecular flexibility index (Phi) is 4.70. The maximum atomic E-state index is 14.2. The van der Waals surface area contributed by atoms with Crippen LogP contribution in [0.25, 0.3) is 11.1 Å². The first-order valence-corrected chi connectivity index (χ1v) is 7.20. The number of para-hydroxylation sites is 2. The molecule has 0 atom stereocenters. The number of rotatable bonds is 5. The zero-order chi connectivity index (χ0) is 16.9. The van der Waals surface area contributed by atoms with Crippen LogP contribution in [0.5, 0.6) is 17.2 Å². The third-order valence-electron chi connectivity index (χ3n) is 3.32. The first-order chi connectivity index (χ1) is 11.6. The predicted molar refractivity (Wildman–Crippen MR) is 85.0 cm³/mol. The maximum absolute atomic E-state index is 14.2. The average molecular weight is 330 g/mol. The normalized spacial score (nSPS) is 10.7. The maximum Gasteiger partial charge on any atom is 0.387 e. The van der Waals surface area contributed by atoms with Crippen molar-refractivity contribution in [3.05, 3.63) is 78.6 Å².